The van der Waals surface area contributed by atoms with Crippen molar-refractivity contribution in [1.82, 2.24) is 30.4 Å². The van der Waals surface area contributed by atoms with E-state index in [-0.39, 0.29) is 5.82 Å². The average molecular weight is 414 g/mol. The fourth-order valence-electron chi connectivity index (χ4n) is 2.49. The van der Waals surface area contributed by atoms with Crippen molar-refractivity contribution in [3.05, 3.63) is 54.6 Å². The van der Waals surface area contributed by atoms with Crippen LogP contribution in [0.25, 0.3) is 17.1 Å². The first-order chi connectivity index (χ1) is 14.0. The lowest BCUT2D eigenvalue weighted by Crippen LogP contribution is -2.42. The number of carbonyl (C=O) groups excluding carboxylic acids is 2. The molecule has 0 bridgehead atoms. The summed E-state index contributed by atoms with van der Waals surface area (Å²) < 4.78 is 15.1. The second kappa shape index (κ2) is 9.28. The van der Waals surface area contributed by atoms with Crippen LogP contribution in [-0.4, -0.2) is 43.5 Å². The summed E-state index contributed by atoms with van der Waals surface area (Å²) in [6.45, 7) is 3.83. The Morgan fingerprint density at radius 1 is 1.14 bits per heavy atom. The molecule has 0 radical (unpaired) electrons. The zero-order valence-corrected chi connectivity index (χ0v) is 16.6. The second-order valence-corrected chi connectivity index (χ2v) is 7.27. The molecule has 0 saturated carbocycles. The molecule has 1 aromatic carbocycles. The molecule has 0 fully saturated rings. The molecule has 0 aliphatic rings. The summed E-state index contributed by atoms with van der Waals surface area (Å²) >= 11 is 1.14. The number of carbonyl (C=O) groups is 2. The molecule has 2 aromatic heterocycles. The van der Waals surface area contributed by atoms with E-state index in [4.69, 9.17) is 0 Å². The fraction of sp³-hybridized carbons (Fsp3) is 0.211. The number of amides is 3. The fourth-order valence-corrected chi connectivity index (χ4v) is 3.35. The first-order valence-corrected chi connectivity index (χ1v) is 9.74. The van der Waals surface area contributed by atoms with Gasteiger partial charge in [0.2, 0.25) is 5.91 Å². The lowest BCUT2D eigenvalue weighted by atomic mass is 10.2. The van der Waals surface area contributed by atoms with Crippen molar-refractivity contribution < 1.29 is 14.0 Å². The van der Waals surface area contributed by atoms with Gasteiger partial charge in [-0.1, -0.05) is 11.8 Å². The van der Waals surface area contributed by atoms with E-state index in [9.17, 15) is 14.0 Å². The van der Waals surface area contributed by atoms with Crippen molar-refractivity contribution in [2.75, 3.05) is 6.54 Å². The molecule has 0 aliphatic carbocycles. The number of rotatable bonds is 6. The van der Waals surface area contributed by atoms with Crippen molar-refractivity contribution in [3.8, 4) is 17.1 Å². The minimum Gasteiger partial charge on any atom is -0.338 e. The number of hydrogen-bond donors (Lipinski definition) is 2. The van der Waals surface area contributed by atoms with Crippen molar-refractivity contribution in [3.63, 3.8) is 0 Å². The van der Waals surface area contributed by atoms with Gasteiger partial charge in [-0.2, -0.15) is 0 Å². The van der Waals surface area contributed by atoms with Crippen LogP contribution in [-0.2, 0) is 4.79 Å². The Morgan fingerprint density at radius 2 is 1.83 bits per heavy atom. The van der Waals surface area contributed by atoms with Crippen LogP contribution >= 0.6 is 11.8 Å². The van der Waals surface area contributed by atoms with Gasteiger partial charge >= 0.3 is 6.03 Å². The van der Waals surface area contributed by atoms with E-state index in [1.807, 2.05) is 0 Å². The van der Waals surface area contributed by atoms with E-state index in [1.165, 1.54) is 12.1 Å². The summed E-state index contributed by atoms with van der Waals surface area (Å²) in [5.41, 5.74) is 1.41. The number of aromatic nitrogens is 4. The second-order valence-electron chi connectivity index (χ2n) is 5.96. The molecule has 3 aromatic rings. The molecule has 3 amide bonds. The van der Waals surface area contributed by atoms with Gasteiger partial charge in [-0.05, 0) is 50.2 Å². The van der Waals surface area contributed by atoms with Crippen LogP contribution in [0.1, 0.15) is 13.8 Å². The quantitative estimate of drug-likeness (QED) is 0.602. The Labute approximate surface area is 170 Å². The number of pyridine rings is 1. The SMILES string of the molecule is CCNC(=O)NC(=O)C(C)Sc1nnc(-c2ccncc2)n1-c1ccc(F)cc1. The van der Waals surface area contributed by atoms with E-state index in [2.05, 4.69) is 25.8 Å². The van der Waals surface area contributed by atoms with Gasteiger partial charge in [-0.15, -0.1) is 10.2 Å². The predicted octanol–water partition coefficient (Wildman–Crippen LogP) is 2.79. The van der Waals surface area contributed by atoms with Crippen LogP contribution < -0.4 is 10.6 Å². The minimum atomic E-state index is -0.619. The van der Waals surface area contributed by atoms with Gasteiger partial charge in [0.1, 0.15) is 5.82 Å². The van der Waals surface area contributed by atoms with E-state index in [0.717, 1.165) is 17.3 Å². The standard InChI is InChI=1S/C19H19FN6O2S/c1-3-22-18(28)23-17(27)12(2)29-19-25-24-16(13-8-10-21-11-9-13)26(19)15-6-4-14(20)5-7-15/h4-12H,3H2,1-2H3,(H2,22,23,27,28). The minimum absolute atomic E-state index is 0.365. The topological polar surface area (TPSA) is 102 Å². The highest BCUT2D eigenvalue weighted by atomic mass is 32.2. The molecule has 0 aliphatic heterocycles. The van der Waals surface area contributed by atoms with Crippen molar-refractivity contribution in [2.24, 2.45) is 0 Å². The summed E-state index contributed by atoms with van der Waals surface area (Å²) in [4.78, 5) is 27.9. The molecule has 2 heterocycles. The van der Waals surface area contributed by atoms with Gasteiger partial charge in [0.25, 0.3) is 0 Å². The Bertz CT molecular complexity index is 994. The van der Waals surface area contributed by atoms with Gasteiger partial charge in [-0.25, -0.2) is 9.18 Å². The summed E-state index contributed by atoms with van der Waals surface area (Å²) in [5, 5.41) is 13.1. The number of benzene rings is 1. The highest BCUT2D eigenvalue weighted by Gasteiger charge is 2.23. The van der Waals surface area contributed by atoms with Crippen LogP contribution in [0.5, 0.6) is 0 Å². The molecule has 150 valence electrons. The molecule has 10 heteroatoms. The van der Waals surface area contributed by atoms with Crippen molar-refractivity contribution >= 4 is 23.7 Å². The summed E-state index contributed by atoms with van der Waals surface area (Å²) in [6.07, 6.45) is 3.27. The smallest absolute Gasteiger partial charge is 0.321 e. The monoisotopic (exact) mass is 414 g/mol. The Balaban J connectivity index is 1.92. The number of nitrogens with zero attached hydrogens (tertiary/aromatic N) is 4. The normalized spacial score (nSPS) is 11.7. The number of urea groups is 1. The molecular weight excluding hydrogens is 395 g/mol. The Hall–Kier alpha value is -3.27. The van der Waals surface area contributed by atoms with Crippen LogP contribution in [0.4, 0.5) is 9.18 Å². The average Bonchev–Trinajstić information content (AvgIpc) is 3.13. The molecular formula is C19H19FN6O2S. The van der Waals surface area contributed by atoms with Crippen LogP contribution in [0.15, 0.2) is 53.9 Å². The highest BCUT2D eigenvalue weighted by molar-refractivity contribution is 8.00. The van der Waals surface area contributed by atoms with E-state index >= 15 is 0 Å². The molecule has 29 heavy (non-hydrogen) atoms. The van der Waals surface area contributed by atoms with Gasteiger partial charge in [0, 0.05) is 30.2 Å². The zero-order valence-electron chi connectivity index (χ0n) is 15.8. The lowest BCUT2D eigenvalue weighted by Gasteiger charge is -2.13. The summed E-state index contributed by atoms with van der Waals surface area (Å²) in [5.74, 6) is -0.297. The first-order valence-electron chi connectivity index (χ1n) is 8.86. The largest absolute Gasteiger partial charge is 0.338 e. The molecule has 0 spiro atoms. The van der Waals surface area contributed by atoms with Crippen molar-refractivity contribution in [1.29, 1.82) is 0 Å². The third kappa shape index (κ3) is 4.96. The van der Waals surface area contributed by atoms with E-state index < -0.39 is 17.2 Å². The molecule has 0 saturated heterocycles. The number of nitrogens with one attached hydrogen (secondary N) is 2. The lowest BCUT2D eigenvalue weighted by molar-refractivity contribution is -0.119. The van der Waals surface area contributed by atoms with Gasteiger partial charge in [-0.3, -0.25) is 19.7 Å². The summed E-state index contributed by atoms with van der Waals surface area (Å²) in [7, 11) is 0. The van der Waals surface area contributed by atoms with Crippen LogP contribution in [0.3, 0.4) is 0 Å². The maximum atomic E-state index is 13.4. The third-order valence-corrected chi connectivity index (χ3v) is 4.92. The predicted molar refractivity (Wildman–Crippen MR) is 107 cm³/mol. The molecule has 1 atom stereocenters. The number of halogens is 1. The molecule has 1 unspecified atom stereocenters. The maximum Gasteiger partial charge on any atom is 0.321 e. The first kappa shape index (κ1) is 20.5. The molecule has 3 rings (SSSR count). The van der Waals surface area contributed by atoms with Crippen LogP contribution in [0.2, 0.25) is 0 Å². The highest BCUT2D eigenvalue weighted by Crippen LogP contribution is 2.30. The maximum absolute atomic E-state index is 13.4. The number of hydrogen-bond acceptors (Lipinski definition) is 6. The van der Waals surface area contributed by atoms with Crippen molar-refractivity contribution in [2.45, 2.75) is 24.3 Å². The number of imide groups is 1. The molecule has 2 N–H and O–H groups in total. The third-order valence-electron chi connectivity index (χ3n) is 3.88. The van der Waals surface area contributed by atoms with E-state index in [0.29, 0.717) is 23.2 Å². The van der Waals surface area contributed by atoms with Crippen LogP contribution in [0, 0.1) is 5.82 Å². The van der Waals surface area contributed by atoms with Gasteiger partial charge < -0.3 is 5.32 Å². The number of thioether (sulfide) groups is 1. The Morgan fingerprint density at radius 3 is 2.48 bits per heavy atom. The zero-order chi connectivity index (χ0) is 20.8. The van der Waals surface area contributed by atoms with Gasteiger partial charge in [0.05, 0.1) is 5.25 Å². The van der Waals surface area contributed by atoms with E-state index in [1.54, 1.807) is 55.1 Å². The van der Waals surface area contributed by atoms with Gasteiger partial charge in [0.15, 0.2) is 11.0 Å². The Kier molecular flexibility index (Phi) is 6.55. The summed E-state index contributed by atoms with van der Waals surface area (Å²) in [6, 6.07) is 8.89. The molecule has 8 nitrogen and oxygen atoms in total.